The molecular formula is C28H32N2O3. The molecule has 3 aromatic rings. The topological polar surface area (TPSA) is 50.8 Å². The van der Waals surface area contributed by atoms with Gasteiger partial charge in [-0.2, -0.15) is 0 Å². The smallest absolute Gasteiger partial charge is 0.240 e. The lowest BCUT2D eigenvalue weighted by Gasteiger charge is -2.23. The number of hydrogen-bond donors (Lipinski definition) is 1. The summed E-state index contributed by atoms with van der Waals surface area (Å²) in [5.74, 6) is 2.63. The first-order chi connectivity index (χ1) is 16.2. The van der Waals surface area contributed by atoms with Crippen molar-refractivity contribution in [1.29, 1.82) is 0 Å². The summed E-state index contributed by atoms with van der Waals surface area (Å²) in [7, 11) is 1.66. The molecule has 3 aromatic carbocycles. The first kappa shape index (κ1) is 22.9. The van der Waals surface area contributed by atoms with E-state index in [1.165, 1.54) is 5.56 Å². The Morgan fingerprint density at radius 2 is 1.61 bits per heavy atom. The van der Waals surface area contributed by atoms with Crippen LogP contribution in [0.1, 0.15) is 43.4 Å². The molecule has 1 heterocycles. The maximum atomic E-state index is 13.1. The maximum Gasteiger partial charge on any atom is 0.240 e. The number of likely N-dealkylation sites (tertiary alicyclic amines) is 1. The number of rotatable bonds is 10. The molecule has 1 aliphatic rings. The van der Waals surface area contributed by atoms with Gasteiger partial charge in [0.05, 0.1) is 13.2 Å². The summed E-state index contributed by atoms with van der Waals surface area (Å²) in [5, 5.41) is 3.63. The standard InChI is InChI=1S/C28H32N2O3/c1-3-7-26(22-12-16-25(17-13-22)33-24-8-5-4-6-9-24)29-27-18-19-30(28(27)31)20-21-10-14-23(32-2)15-11-21/h4-6,8-17,26-27,29H,3,7,18-20H2,1-2H3. The molecule has 2 atom stereocenters. The lowest BCUT2D eigenvalue weighted by atomic mass is 10.0. The van der Waals surface area contributed by atoms with Crippen molar-refractivity contribution >= 4 is 5.91 Å². The summed E-state index contributed by atoms with van der Waals surface area (Å²) >= 11 is 0. The molecule has 0 radical (unpaired) electrons. The third-order valence-electron chi connectivity index (χ3n) is 6.07. The van der Waals surface area contributed by atoms with Crippen LogP contribution in [-0.4, -0.2) is 30.5 Å². The quantitative estimate of drug-likeness (QED) is 0.435. The molecule has 172 valence electrons. The van der Waals surface area contributed by atoms with Crippen molar-refractivity contribution in [2.24, 2.45) is 0 Å². The minimum atomic E-state index is -0.153. The maximum absolute atomic E-state index is 13.1. The molecule has 0 saturated carbocycles. The molecule has 0 bridgehead atoms. The highest BCUT2D eigenvalue weighted by Gasteiger charge is 2.33. The van der Waals surface area contributed by atoms with Crippen LogP contribution in [0.15, 0.2) is 78.9 Å². The highest BCUT2D eigenvalue weighted by atomic mass is 16.5. The third kappa shape index (κ3) is 5.93. The van der Waals surface area contributed by atoms with Gasteiger partial charge in [-0.15, -0.1) is 0 Å². The summed E-state index contributed by atoms with van der Waals surface area (Å²) in [6, 6.07) is 25.9. The molecule has 1 amide bonds. The monoisotopic (exact) mass is 444 g/mol. The Labute approximate surface area is 196 Å². The van der Waals surface area contributed by atoms with Crippen LogP contribution in [0.25, 0.3) is 0 Å². The van der Waals surface area contributed by atoms with Crippen molar-refractivity contribution in [2.45, 2.75) is 44.8 Å². The fourth-order valence-corrected chi connectivity index (χ4v) is 4.27. The molecule has 0 aromatic heterocycles. The second-order valence-electron chi connectivity index (χ2n) is 8.44. The van der Waals surface area contributed by atoms with E-state index in [2.05, 4.69) is 24.4 Å². The van der Waals surface area contributed by atoms with E-state index < -0.39 is 0 Å². The Hall–Kier alpha value is -3.31. The third-order valence-corrected chi connectivity index (χ3v) is 6.07. The van der Waals surface area contributed by atoms with Gasteiger partial charge in [0.25, 0.3) is 0 Å². The fraction of sp³-hybridized carbons (Fsp3) is 0.321. The first-order valence-corrected chi connectivity index (χ1v) is 11.7. The summed E-state index contributed by atoms with van der Waals surface area (Å²) in [6.45, 7) is 3.57. The number of carbonyl (C=O) groups is 1. The van der Waals surface area contributed by atoms with Gasteiger partial charge in [-0.3, -0.25) is 10.1 Å². The molecule has 2 unspecified atom stereocenters. The molecule has 1 N–H and O–H groups in total. The van der Waals surface area contributed by atoms with Gasteiger partial charge in [0.2, 0.25) is 5.91 Å². The van der Waals surface area contributed by atoms with Gasteiger partial charge in [-0.05, 0) is 60.4 Å². The molecule has 33 heavy (non-hydrogen) atoms. The van der Waals surface area contributed by atoms with E-state index in [1.54, 1.807) is 7.11 Å². The Kier molecular flexibility index (Phi) is 7.63. The van der Waals surface area contributed by atoms with Crippen LogP contribution in [0.3, 0.4) is 0 Å². The van der Waals surface area contributed by atoms with Gasteiger partial charge in [0.15, 0.2) is 0 Å². The van der Waals surface area contributed by atoms with Crippen molar-refractivity contribution < 1.29 is 14.3 Å². The van der Waals surface area contributed by atoms with Gasteiger partial charge in [-0.25, -0.2) is 0 Å². The predicted molar refractivity (Wildman–Crippen MR) is 131 cm³/mol. The number of para-hydroxylation sites is 1. The minimum absolute atomic E-state index is 0.135. The van der Waals surface area contributed by atoms with E-state index >= 15 is 0 Å². The molecule has 1 fully saturated rings. The molecule has 0 aliphatic carbocycles. The highest BCUT2D eigenvalue weighted by molar-refractivity contribution is 5.84. The molecular weight excluding hydrogens is 412 g/mol. The summed E-state index contributed by atoms with van der Waals surface area (Å²) in [5.41, 5.74) is 2.29. The Balaban J connectivity index is 1.37. The van der Waals surface area contributed by atoms with Gasteiger partial charge < -0.3 is 14.4 Å². The Bertz CT molecular complexity index is 1020. The second-order valence-corrected chi connectivity index (χ2v) is 8.44. The normalized spacial score (nSPS) is 16.6. The zero-order valence-electron chi connectivity index (χ0n) is 19.4. The van der Waals surface area contributed by atoms with E-state index in [0.717, 1.165) is 48.6 Å². The minimum Gasteiger partial charge on any atom is -0.497 e. The number of nitrogens with one attached hydrogen (secondary N) is 1. The number of methoxy groups -OCH3 is 1. The number of nitrogens with zero attached hydrogens (tertiary/aromatic N) is 1. The van der Waals surface area contributed by atoms with E-state index in [4.69, 9.17) is 9.47 Å². The molecule has 1 saturated heterocycles. The fourth-order valence-electron chi connectivity index (χ4n) is 4.27. The van der Waals surface area contributed by atoms with Crippen LogP contribution >= 0.6 is 0 Å². The largest absolute Gasteiger partial charge is 0.497 e. The second kappa shape index (κ2) is 11.0. The van der Waals surface area contributed by atoms with Crippen LogP contribution in [0.2, 0.25) is 0 Å². The average Bonchev–Trinajstić information content (AvgIpc) is 3.19. The van der Waals surface area contributed by atoms with Crippen LogP contribution in [0.4, 0.5) is 0 Å². The van der Waals surface area contributed by atoms with Crippen molar-refractivity contribution in [3.8, 4) is 17.2 Å². The van der Waals surface area contributed by atoms with Gasteiger partial charge >= 0.3 is 0 Å². The van der Waals surface area contributed by atoms with Crippen LogP contribution in [0.5, 0.6) is 17.2 Å². The molecule has 4 rings (SSSR count). The Morgan fingerprint density at radius 1 is 0.939 bits per heavy atom. The number of hydrogen-bond acceptors (Lipinski definition) is 4. The number of ether oxygens (including phenoxy) is 2. The van der Waals surface area contributed by atoms with Crippen molar-refractivity contribution in [2.75, 3.05) is 13.7 Å². The zero-order valence-corrected chi connectivity index (χ0v) is 19.4. The summed E-state index contributed by atoms with van der Waals surface area (Å²) < 4.78 is 11.1. The van der Waals surface area contributed by atoms with Crippen LogP contribution < -0.4 is 14.8 Å². The van der Waals surface area contributed by atoms with Gasteiger partial charge in [0, 0.05) is 19.1 Å². The lowest BCUT2D eigenvalue weighted by molar-refractivity contribution is -0.130. The number of carbonyl (C=O) groups excluding carboxylic acids is 1. The molecule has 5 nitrogen and oxygen atoms in total. The summed E-state index contributed by atoms with van der Waals surface area (Å²) in [6.07, 6.45) is 2.84. The van der Waals surface area contributed by atoms with E-state index in [-0.39, 0.29) is 18.0 Å². The van der Waals surface area contributed by atoms with E-state index in [9.17, 15) is 4.79 Å². The lowest BCUT2D eigenvalue weighted by Crippen LogP contribution is -2.40. The molecule has 0 spiro atoms. The van der Waals surface area contributed by atoms with E-state index in [1.807, 2.05) is 71.6 Å². The highest BCUT2D eigenvalue weighted by Crippen LogP contribution is 2.27. The van der Waals surface area contributed by atoms with Gasteiger partial charge in [-0.1, -0.05) is 55.8 Å². The van der Waals surface area contributed by atoms with Crippen LogP contribution in [0, 0.1) is 0 Å². The summed E-state index contributed by atoms with van der Waals surface area (Å²) in [4.78, 5) is 15.0. The molecule has 1 aliphatic heterocycles. The van der Waals surface area contributed by atoms with Crippen molar-refractivity contribution in [3.05, 3.63) is 90.0 Å². The van der Waals surface area contributed by atoms with Gasteiger partial charge in [0.1, 0.15) is 17.2 Å². The SMILES string of the molecule is CCCC(NC1CCN(Cc2ccc(OC)cc2)C1=O)c1ccc(Oc2ccccc2)cc1. The predicted octanol–water partition coefficient (Wildman–Crippen LogP) is 5.72. The zero-order chi connectivity index (χ0) is 23.0. The Morgan fingerprint density at radius 3 is 2.27 bits per heavy atom. The van der Waals surface area contributed by atoms with Crippen molar-refractivity contribution in [1.82, 2.24) is 10.2 Å². The first-order valence-electron chi connectivity index (χ1n) is 11.7. The molecule has 5 heteroatoms. The van der Waals surface area contributed by atoms with E-state index in [0.29, 0.717) is 6.54 Å². The van der Waals surface area contributed by atoms with Crippen LogP contribution in [-0.2, 0) is 11.3 Å². The average molecular weight is 445 g/mol. The number of amides is 1. The number of benzene rings is 3. The van der Waals surface area contributed by atoms with Crippen molar-refractivity contribution in [3.63, 3.8) is 0 Å².